The number of rotatable bonds is 1. The smallest absolute Gasteiger partial charge is 0.266 e. The molecular formula is C16H12BrNO3. The molecular weight excluding hydrogens is 334 g/mol. The molecule has 2 aromatic rings. The normalized spacial score (nSPS) is 13.8. The number of carbonyl (C=O) groups is 2. The van der Waals surface area contributed by atoms with Crippen LogP contribution in [0.1, 0.15) is 31.8 Å². The van der Waals surface area contributed by atoms with Gasteiger partial charge in [-0.05, 0) is 55.3 Å². The van der Waals surface area contributed by atoms with Crippen molar-refractivity contribution in [3.63, 3.8) is 0 Å². The molecule has 3 rings (SSSR count). The Morgan fingerprint density at radius 1 is 0.952 bits per heavy atom. The first-order valence-corrected chi connectivity index (χ1v) is 7.18. The Balaban J connectivity index is 2.16. The Hall–Kier alpha value is -2.14. The van der Waals surface area contributed by atoms with Crippen molar-refractivity contribution in [2.75, 3.05) is 4.90 Å². The molecule has 2 amide bonds. The number of aryl methyl sites for hydroxylation is 2. The Kier molecular flexibility index (Phi) is 3.10. The minimum absolute atomic E-state index is 0.149. The summed E-state index contributed by atoms with van der Waals surface area (Å²) in [4.78, 5) is 26.2. The van der Waals surface area contributed by atoms with Gasteiger partial charge in [0.25, 0.3) is 11.8 Å². The largest absolute Gasteiger partial charge is 0.508 e. The molecule has 0 aliphatic carbocycles. The van der Waals surface area contributed by atoms with Crippen molar-refractivity contribution in [3.8, 4) is 5.75 Å². The van der Waals surface area contributed by atoms with Gasteiger partial charge in [-0.25, -0.2) is 4.90 Å². The van der Waals surface area contributed by atoms with E-state index in [0.717, 1.165) is 4.47 Å². The van der Waals surface area contributed by atoms with Crippen LogP contribution in [0.25, 0.3) is 0 Å². The standard InChI is InChI=1S/C16H12BrNO3/c1-8-6-14(19)9(2)5-13(8)18-15(20)11-4-3-10(17)7-12(11)16(18)21/h3-7,19H,1-2H3. The summed E-state index contributed by atoms with van der Waals surface area (Å²) in [6.07, 6.45) is 0. The first-order valence-electron chi connectivity index (χ1n) is 6.38. The number of phenols is 1. The van der Waals surface area contributed by atoms with Crippen molar-refractivity contribution in [2.45, 2.75) is 13.8 Å². The van der Waals surface area contributed by atoms with Gasteiger partial charge in [0, 0.05) is 4.47 Å². The van der Waals surface area contributed by atoms with Gasteiger partial charge in [-0.15, -0.1) is 0 Å². The Morgan fingerprint density at radius 3 is 2.33 bits per heavy atom. The molecule has 0 saturated carbocycles. The van der Waals surface area contributed by atoms with Gasteiger partial charge in [0.2, 0.25) is 0 Å². The van der Waals surface area contributed by atoms with E-state index in [-0.39, 0.29) is 17.6 Å². The van der Waals surface area contributed by atoms with Crippen molar-refractivity contribution >= 4 is 33.4 Å². The van der Waals surface area contributed by atoms with Gasteiger partial charge in [0.15, 0.2) is 0 Å². The van der Waals surface area contributed by atoms with Crippen molar-refractivity contribution in [2.24, 2.45) is 0 Å². The molecule has 106 valence electrons. The summed E-state index contributed by atoms with van der Waals surface area (Å²) in [6.45, 7) is 3.49. The van der Waals surface area contributed by atoms with Crippen LogP contribution >= 0.6 is 15.9 Å². The summed E-state index contributed by atoms with van der Waals surface area (Å²) in [7, 11) is 0. The molecule has 0 aromatic heterocycles. The zero-order chi connectivity index (χ0) is 15.3. The maximum absolute atomic E-state index is 12.5. The number of phenolic OH excluding ortho intramolecular Hbond substituents is 1. The maximum Gasteiger partial charge on any atom is 0.266 e. The quantitative estimate of drug-likeness (QED) is 0.803. The number of hydrogen-bond donors (Lipinski definition) is 1. The fraction of sp³-hybridized carbons (Fsp3) is 0.125. The highest BCUT2D eigenvalue weighted by molar-refractivity contribution is 9.10. The van der Waals surface area contributed by atoms with Crippen LogP contribution in [0.2, 0.25) is 0 Å². The SMILES string of the molecule is Cc1cc(N2C(=O)c3ccc(Br)cc3C2=O)c(C)cc1O. The van der Waals surface area contributed by atoms with Gasteiger partial charge in [-0.1, -0.05) is 15.9 Å². The Labute approximate surface area is 130 Å². The number of nitrogens with zero attached hydrogens (tertiary/aromatic N) is 1. The third kappa shape index (κ3) is 2.05. The molecule has 1 N–H and O–H groups in total. The zero-order valence-corrected chi connectivity index (χ0v) is 13.1. The summed E-state index contributed by atoms with van der Waals surface area (Å²) < 4.78 is 0.753. The van der Waals surface area contributed by atoms with Crippen LogP contribution in [0.3, 0.4) is 0 Å². The maximum atomic E-state index is 12.5. The molecule has 1 aliphatic heterocycles. The molecule has 0 radical (unpaired) electrons. The highest BCUT2D eigenvalue weighted by Gasteiger charge is 2.37. The van der Waals surface area contributed by atoms with Crippen molar-refractivity contribution in [3.05, 3.63) is 57.1 Å². The molecule has 0 atom stereocenters. The fourth-order valence-electron chi connectivity index (χ4n) is 2.46. The molecule has 0 spiro atoms. The van der Waals surface area contributed by atoms with E-state index in [9.17, 15) is 14.7 Å². The van der Waals surface area contributed by atoms with Crippen molar-refractivity contribution < 1.29 is 14.7 Å². The minimum atomic E-state index is -0.343. The van der Waals surface area contributed by atoms with Crippen LogP contribution in [0.5, 0.6) is 5.75 Å². The molecule has 1 heterocycles. The summed E-state index contributed by atoms with van der Waals surface area (Å²) in [5.41, 5.74) is 2.58. The van der Waals surface area contributed by atoms with Gasteiger partial charge in [0.05, 0.1) is 16.8 Å². The van der Waals surface area contributed by atoms with Gasteiger partial charge in [-0.2, -0.15) is 0 Å². The van der Waals surface area contributed by atoms with Gasteiger partial charge >= 0.3 is 0 Å². The zero-order valence-electron chi connectivity index (χ0n) is 11.5. The van der Waals surface area contributed by atoms with E-state index >= 15 is 0 Å². The first-order chi connectivity index (χ1) is 9.90. The average Bonchev–Trinajstić information content (AvgIpc) is 2.66. The Bertz CT molecular complexity index is 798. The van der Waals surface area contributed by atoms with Crippen LogP contribution in [0, 0.1) is 13.8 Å². The molecule has 21 heavy (non-hydrogen) atoms. The second kappa shape index (κ2) is 4.70. The number of anilines is 1. The van der Waals surface area contributed by atoms with E-state index in [1.54, 1.807) is 44.2 Å². The van der Waals surface area contributed by atoms with Crippen LogP contribution in [0.15, 0.2) is 34.8 Å². The summed E-state index contributed by atoms with van der Waals surface area (Å²) >= 11 is 3.31. The lowest BCUT2D eigenvalue weighted by atomic mass is 10.1. The number of fused-ring (bicyclic) bond motifs is 1. The monoisotopic (exact) mass is 345 g/mol. The highest BCUT2D eigenvalue weighted by atomic mass is 79.9. The highest BCUT2D eigenvalue weighted by Crippen LogP contribution is 2.34. The number of halogens is 1. The minimum Gasteiger partial charge on any atom is -0.508 e. The van der Waals surface area contributed by atoms with Gasteiger partial charge in [0.1, 0.15) is 5.75 Å². The van der Waals surface area contributed by atoms with E-state index in [1.807, 2.05) is 0 Å². The number of carbonyl (C=O) groups excluding carboxylic acids is 2. The number of aromatic hydroxyl groups is 1. The molecule has 2 aromatic carbocycles. The van der Waals surface area contributed by atoms with E-state index < -0.39 is 0 Å². The molecule has 0 fully saturated rings. The third-order valence-corrected chi connectivity index (χ3v) is 4.10. The van der Waals surface area contributed by atoms with E-state index in [1.165, 1.54) is 4.90 Å². The van der Waals surface area contributed by atoms with Gasteiger partial charge < -0.3 is 5.11 Å². The first kappa shape index (κ1) is 13.8. The summed E-state index contributed by atoms with van der Waals surface area (Å²) in [5.74, 6) is -0.532. The van der Waals surface area contributed by atoms with Crippen LogP contribution in [0.4, 0.5) is 5.69 Å². The molecule has 5 heteroatoms. The van der Waals surface area contributed by atoms with Crippen LogP contribution in [-0.2, 0) is 0 Å². The third-order valence-electron chi connectivity index (χ3n) is 3.60. The lowest BCUT2D eigenvalue weighted by molar-refractivity contribution is 0.0926. The average molecular weight is 346 g/mol. The second-order valence-corrected chi connectivity index (χ2v) is 5.98. The number of imide groups is 1. The van der Waals surface area contributed by atoms with Crippen LogP contribution in [-0.4, -0.2) is 16.9 Å². The molecule has 0 saturated heterocycles. The number of hydrogen-bond acceptors (Lipinski definition) is 3. The van der Waals surface area contributed by atoms with E-state index in [4.69, 9.17) is 0 Å². The van der Waals surface area contributed by atoms with E-state index in [0.29, 0.717) is 27.9 Å². The van der Waals surface area contributed by atoms with Crippen molar-refractivity contribution in [1.29, 1.82) is 0 Å². The van der Waals surface area contributed by atoms with Crippen LogP contribution < -0.4 is 4.90 Å². The summed E-state index contributed by atoms with van der Waals surface area (Å²) in [6, 6.07) is 8.24. The predicted molar refractivity (Wildman–Crippen MR) is 82.9 cm³/mol. The lowest BCUT2D eigenvalue weighted by Crippen LogP contribution is -2.30. The predicted octanol–water partition coefficient (Wildman–Crippen LogP) is 3.57. The molecule has 0 unspecified atom stereocenters. The number of benzene rings is 2. The molecule has 0 bridgehead atoms. The topological polar surface area (TPSA) is 57.6 Å². The molecule has 1 aliphatic rings. The molecule has 4 nitrogen and oxygen atoms in total. The second-order valence-electron chi connectivity index (χ2n) is 5.06. The Morgan fingerprint density at radius 2 is 1.62 bits per heavy atom. The van der Waals surface area contributed by atoms with Crippen molar-refractivity contribution in [1.82, 2.24) is 0 Å². The van der Waals surface area contributed by atoms with Gasteiger partial charge in [-0.3, -0.25) is 9.59 Å². The fourth-order valence-corrected chi connectivity index (χ4v) is 2.82. The number of amides is 2. The summed E-state index contributed by atoms with van der Waals surface area (Å²) in [5, 5.41) is 9.71. The lowest BCUT2D eigenvalue weighted by Gasteiger charge is -2.17. The van der Waals surface area contributed by atoms with E-state index in [2.05, 4.69) is 15.9 Å².